The molecule has 0 saturated carbocycles. The van der Waals surface area contributed by atoms with E-state index in [0.29, 0.717) is 10.3 Å². The highest BCUT2D eigenvalue weighted by Crippen LogP contribution is 2.19. The highest BCUT2D eigenvalue weighted by Gasteiger charge is 2.05. The average molecular weight is 237 g/mol. The van der Waals surface area contributed by atoms with Crippen LogP contribution in [0.3, 0.4) is 0 Å². The van der Waals surface area contributed by atoms with Gasteiger partial charge in [0, 0.05) is 13.2 Å². The first-order valence-corrected chi connectivity index (χ1v) is 5.34. The van der Waals surface area contributed by atoms with E-state index in [-0.39, 0.29) is 6.10 Å². The fourth-order valence-corrected chi connectivity index (χ4v) is 1.38. The number of ether oxygens (including phenoxy) is 1. The number of imidazole rings is 1. The van der Waals surface area contributed by atoms with Gasteiger partial charge in [0.1, 0.15) is 5.15 Å². The quantitative estimate of drug-likeness (QED) is 0.736. The molecule has 1 rings (SSSR count). The maximum absolute atomic E-state index is 5.88. The predicted octanol–water partition coefficient (Wildman–Crippen LogP) is 3.01. The van der Waals surface area contributed by atoms with Gasteiger partial charge in [0.2, 0.25) is 0 Å². The number of rotatable bonds is 5. The normalized spacial score (nSPS) is 11.2. The molecule has 0 unspecified atom stereocenters. The Labute approximate surface area is 94.0 Å². The van der Waals surface area contributed by atoms with Crippen LogP contribution in [0.15, 0.2) is 6.33 Å². The Bertz CT molecular complexity index is 286. The van der Waals surface area contributed by atoms with Crippen LogP contribution in [0.25, 0.3) is 0 Å². The summed E-state index contributed by atoms with van der Waals surface area (Å²) in [5.74, 6) is 0. The molecule has 14 heavy (non-hydrogen) atoms. The lowest BCUT2D eigenvalue weighted by molar-refractivity contribution is 0.0748. The van der Waals surface area contributed by atoms with Crippen molar-refractivity contribution < 1.29 is 4.74 Å². The molecule has 0 amide bonds. The minimum atomic E-state index is 0.275. The third kappa shape index (κ3) is 3.48. The van der Waals surface area contributed by atoms with Crippen LogP contribution in [-0.4, -0.2) is 22.3 Å². The summed E-state index contributed by atoms with van der Waals surface area (Å²) in [4.78, 5) is 3.89. The van der Waals surface area contributed by atoms with Gasteiger partial charge < -0.3 is 9.30 Å². The Balaban J connectivity index is 2.28. The van der Waals surface area contributed by atoms with Gasteiger partial charge in [0.05, 0.1) is 12.4 Å². The fourth-order valence-electron chi connectivity index (χ4n) is 1.05. The molecule has 0 aliphatic heterocycles. The Kier molecular flexibility index (Phi) is 4.72. The summed E-state index contributed by atoms with van der Waals surface area (Å²) in [6, 6.07) is 0. The van der Waals surface area contributed by atoms with Crippen LogP contribution in [-0.2, 0) is 11.3 Å². The van der Waals surface area contributed by atoms with E-state index in [1.807, 2.05) is 18.4 Å². The van der Waals surface area contributed by atoms with Crippen LogP contribution in [0.4, 0.5) is 0 Å². The zero-order chi connectivity index (χ0) is 10.6. The Hall–Kier alpha value is -0.250. The zero-order valence-corrected chi connectivity index (χ0v) is 9.85. The van der Waals surface area contributed by atoms with Crippen molar-refractivity contribution in [3.8, 4) is 0 Å². The molecule has 1 aromatic heterocycles. The summed E-state index contributed by atoms with van der Waals surface area (Å²) in [6.45, 7) is 5.54. The highest BCUT2D eigenvalue weighted by atomic mass is 35.5. The lowest BCUT2D eigenvalue weighted by Crippen LogP contribution is -2.06. The van der Waals surface area contributed by atoms with E-state index in [9.17, 15) is 0 Å². The molecule has 1 heterocycles. The van der Waals surface area contributed by atoms with Crippen LogP contribution in [0.2, 0.25) is 10.3 Å². The van der Waals surface area contributed by atoms with Gasteiger partial charge in [-0.3, -0.25) is 0 Å². The van der Waals surface area contributed by atoms with E-state index in [1.165, 1.54) is 0 Å². The summed E-state index contributed by atoms with van der Waals surface area (Å²) in [7, 11) is 0. The van der Waals surface area contributed by atoms with Gasteiger partial charge in [0.25, 0.3) is 0 Å². The van der Waals surface area contributed by atoms with Gasteiger partial charge in [-0.05, 0) is 20.3 Å². The lowest BCUT2D eigenvalue weighted by atomic mass is 10.4. The molecule has 5 heteroatoms. The molecule has 0 atom stereocenters. The monoisotopic (exact) mass is 236 g/mol. The van der Waals surface area contributed by atoms with E-state index in [2.05, 4.69) is 4.98 Å². The van der Waals surface area contributed by atoms with Crippen molar-refractivity contribution in [2.75, 3.05) is 6.61 Å². The summed E-state index contributed by atoms with van der Waals surface area (Å²) in [5, 5.41) is 0.854. The Morgan fingerprint density at radius 1 is 1.50 bits per heavy atom. The van der Waals surface area contributed by atoms with E-state index in [4.69, 9.17) is 27.9 Å². The molecule has 0 aliphatic carbocycles. The first-order valence-electron chi connectivity index (χ1n) is 4.59. The molecule has 0 fully saturated rings. The van der Waals surface area contributed by atoms with Crippen LogP contribution in [0, 0.1) is 0 Å². The van der Waals surface area contributed by atoms with Gasteiger partial charge in [0.15, 0.2) is 5.15 Å². The van der Waals surface area contributed by atoms with Crippen molar-refractivity contribution in [1.82, 2.24) is 9.55 Å². The van der Waals surface area contributed by atoms with Gasteiger partial charge in [-0.15, -0.1) is 0 Å². The standard InChI is InChI=1S/C9H14Cl2N2O/c1-7(2)14-5-3-4-13-6-12-8(10)9(13)11/h6-7H,3-5H2,1-2H3. The second kappa shape index (κ2) is 5.59. The zero-order valence-electron chi connectivity index (χ0n) is 8.33. The molecule has 1 aromatic rings. The van der Waals surface area contributed by atoms with E-state index in [1.54, 1.807) is 6.33 Å². The maximum atomic E-state index is 5.88. The van der Waals surface area contributed by atoms with Crippen molar-refractivity contribution >= 4 is 23.2 Å². The third-order valence-corrected chi connectivity index (χ3v) is 2.50. The summed E-state index contributed by atoms with van der Waals surface area (Å²) < 4.78 is 7.21. The molecule has 0 spiro atoms. The molecule has 0 saturated heterocycles. The number of aryl methyl sites for hydroxylation is 1. The van der Waals surface area contributed by atoms with Crippen LogP contribution in [0.5, 0.6) is 0 Å². The van der Waals surface area contributed by atoms with E-state index < -0.39 is 0 Å². The topological polar surface area (TPSA) is 27.1 Å². The van der Waals surface area contributed by atoms with E-state index in [0.717, 1.165) is 19.6 Å². The second-order valence-electron chi connectivity index (χ2n) is 3.29. The number of halogens is 2. The molecule has 0 aromatic carbocycles. The molecule has 0 aliphatic rings. The Morgan fingerprint density at radius 2 is 2.21 bits per heavy atom. The lowest BCUT2D eigenvalue weighted by Gasteiger charge is -2.07. The molecular weight excluding hydrogens is 223 g/mol. The minimum Gasteiger partial charge on any atom is -0.379 e. The van der Waals surface area contributed by atoms with Crippen LogP contribution in [0.1, 0.15) is 20.3 Å². The Morgan fingerprint density at radius 3 is 2.71 bits per heavy atom. The van der Waals surface area contributed by atoms with Crippen molar-refractivity contribution in [3.05, 3.63) is 16.6 Å². The van der Waals surface area contributed by atoms with Gasteiger partial charge >= 0.3 is 0 Å². The highest BCUT2D eigenvalue weighted by molar-refractivity contribution is 6.40. The van der Waals surface area contributed by atoms with Crippen molar-refractivity contribution in [3.63, 3.8) is 0 Å². The summed E-state index contributed by atoms with van der Waals surface area (Å²) in [5.41, 5.74) is 0. The maximum Gasteiger partial charge on any atom is 0.166 e. The largest absolute Gasteiger partial charge is 0.379 e. The summed E-state index contributed by atoms with van der Waals surface area (Å²) in [6.07, 6.45) is 2.82. The van der Waals surface area contributed by atoms with Crippen LogP contribution < -0.4 is 0 Å². The minimum absolute atomic E-state index is 0.275. The number of aromatic nitrogens is 2. The van der Waals surface area contributed by atoms with Crippen molar-refractivity contribution in [2.45, 2.75) is 32.9 Å². The summed E-state index contributed by atoms with van der Waals surface area (Å²) >= 11 is 11.6. The van der Waals surface area contributed by atoms with Gasteiger partial charge in [-0.2, -0.15) is 0 Å². The first-order chi connectivity index (χ1) is 6.61. The molecule has 0 bridgehead atoms. The van der Waals surface area contributed by atoms with Crippen molar-refractivity contribution in [1.29, 1.82) is 0 Å². The molecular formula is C9H14Cl2N2O. The number of nitrogens with zero attached hydrogens (tertiary/aromatic N) is 2. The fraction of sp³-hybridized carbons (Fsp3) is 0.667. The number of hydrogen-bond acceptors (Lipinski definition) is 2. The van der Waals surface area contributed by atoms with Crippen molar-refractivity contribution in [2.24, 2.45) is 0 Å². The molecule has 0 radical (unpaired) electrons. The third-order valence-electron chi connectivity index (χ3n) is 1.73. The average Bonchev–Trinajstić information content (AvgIpc) is 2.43. The first kappa shape index (κ1) is 11.8. The SMILES string of the molecule is CC(C)OCCCn1cnc(Cl)c1Cl. The van der Waals surface area contributed by atoms with E-state index >= 15 is 0 Å². The van der Waals surface area contributed by atoms with Gasteiger partial charge in [-0.1, -0.05) is 23.2 Å². The van der Waals surface area contributed by atoms with Crippen LogP contribution >= 0.6 is 23.2 Å². The number of hydrogen-bond donors (Lipinski definition) is 0. The second-order valence-corrected chi connectivity index (χ2v) is 4.01. The molecule has 3 nitrogen and oxygen atoms in total. The molecule has 80 valence electrons. The smallest absolute Gasteiger partial charge is 0.166 e. The predicted molar refractivity (Wildman–Crippen MR) is 58.0 cm³/mol. The molecule has 0 N–H and O–H groups in total. The van der Waals surface area contributed by atoms with Gasteiger partial charge in [-0.25, -0.2) is 4.98 Å².